The number of nitrogens with zero attached hydrogens (tertiary/aromatic N) is 2. The Balaban J connectivity index is 1.61. The molecule has 0 aromatic carbocycles. The monoisotopic (exact) mass is 329 g/mol. The minimum Gasteiger partial charge on any atom is -0.302 e. The first-order valence-electron chi connectivity index (χ1n) is 7.15. The maximum Gasteiger partial charge on any atom is 0.230 e. The fraction of sp³-hybridized carbons (Fsp3) is 0.692. The van der Waals surface area contributed by atoms with Gasteiger partial charge in [-0.25, -0.2) is 17.7 Å². The first-order chi connectivity index (χ1) is 9.93. The molecule has 1 unspecified atom stereocenters. The molecule has 1 aromatic heterocycles. The second-order valence-corrected chi connectivity index (χ2v) is 8.64. The van der Waals surface area contributed by atoms with E-state index < -0.39 is 10.0 Å². The largest absolute Gasteiger partial charge is 0.302 e. The molecule has 1 aliphatic heterocycles. The molecule has 1 saturated heterocycles. The van der Waals surface area contributed by atoms with Crippen molar-refractivity contribution < 1.29 is 13.2 Å². The van der Waals surface area contributed by atoms with E-state index in [1.165, 1.54) is 34.7 Å². The molecule has 1 aromatic rings. The summed E-state index contributed by atoms with van der Waals surface area (Å²) in [7, 11) is -3.22. The molecule has 1 atom stereocenters. The van der Waals surface area contributed by atoms with E-state index in [2.05, 4.69) is 10.3 Å². The van der Waals surface area contributed by atoms with Gasteiger partial charge in [-0.1, -0.05) is 0 Å². The molecule has 1 saturated carbocycles. The van der Waals surface area contributed by atoms with Crippen LogP contribution in [0.5, 0.6) is 0 Å². The van der Waals surface area contributed by atoms with Crippen LogP contribution in [0.25, 0.3) is 0 Å². The highest BCUT2D eigenvalue weighted by atomic mass is 32.2. The van der Waals surface area contributed by atoms with Crippen molar-refractivity contribution in [1.82, 2.24) is 9.29 Å². The second kappa shape index (κ2) is 5.66. The van der Waals surface area contributed by atoms with Gasteiger partial charge in [-0.05, 0) is 25.7 Å². The number of amides is 1. The van der Waals surface area contributed by atoms with Gasteiger partial charge in [-0.3, -0.25) is 4.79 Å². The minimum atomic E-state index is -3.22. The van der Waals surface area contributed by atoms with Gasteiger partial charge in [0.1, 0.15) is 0 Å². The molecular weight excluding hydrogens is 310 g/mol. The van der Waals surface area contributed by atoms with Crippen molar-refractivity contribution in [3.63, 3.8) is 0 Å². The molecular formula is C13H19N3O3S2. The van der Waals surface area contributed by atoms with Gasteiger partial charge in [0.15, 0.2) is 5.13 Å². The fourth-order valence-electron chi connectivity index (χ4n) is 2.58. The third-order valence-electron chi connectivity index (χ3n) is 3.97. The normalized spacial score (nSPS) is 24.0. The molecule has 6 nitrogen and oxygen atoms in total. The molecule has 116 valence electrons. The summed E-state index contributed by atoms with van der Waals surface area (Å²) in [5.74, 6) is 0.157. The molecule has 1 N–H and O–H groups in total. The number of sulfonamides is 1. The lowest BCUT2D eigenvalue weighted by atomic mass is 9.99. The summed E-state index contributed by atoms with van der Waals surface area (Å²) in [6.07, 6.45) is 5.00. The van der Waals surface area contributed by atoms with Gasteiger partial charge >= 0.3 is 0 Å². The number of rotatable bonds is 4. The average Bonchev–Trinajstić information content (AvgIpc) is 3.19. The van der Waals surface area contributed by atoms with Crippen molar-refractivity contribution in [3.05, 3.63) is 11.1 Å². The average molecular weight is 329 g/mol. The molecule has 0 spiro atoms. The third-order valence-corrected chi connectivity index (χ3v) is 6.02. The number of piperidine rings is 1. The predicted octanol–water partition coefficient (Wildman–Crippen LogP) is 1.63. The van der Waals surface area contributed by atoms with E-state index in [4.69, 9.17) is 0 Å². The Labute approximate surface area is 128 Å². The van der Waals surface area contributed by atoms with E-state index in [1.54, 1.807) is 0 Å². The predicted molar refractivity (Wildman–Crippen MR) is 81.9 cm³/mol. The van der Waals surface area contributed by atoms with Crippen molar-refractivity contribution in [1.29, 1.82) is 0 Å². The van der Waals surface area contributed by atoms with Crippen LogP contribution in [-0.4, -0.2) is 43.0 Å². The summed E-state index contributed by atoms with van der Waals surface area (Å²) in [4.78, 5) is 16.7. The van der Waals surface area contributed by atoms with Crippen molar-refractivity contribution in [2.45, 2.75) is 31.6 Å². The minimum absolute atomic E-state index is 0.125. The smallest absolute Gasteiger partial charge is 0.230 e. The standard InChI is InChI=1S/C13H19N3O3S2/c1-21(18,19)16-6-2-3-10(7-16)12(17)15-13-14-11(8-20-13)9-4-5-9/h8-10H,2-7H2,1H3,(H,14,15,17). The van der Waals surface area contributed by atoms with E-state index in [1.807, 2.05) is 5.38 Å². The summed E-state index contributed by atoms with van der Waals surface area (Å²) in [6, 6.07) is 0. The van der Waals surface area contributed by atoms with Crippen LogP contribution in [0.2, 0.25) is 0 Å². The maximum atomic E-state index is 12.3. The van der Waals surface area contributed by atoms with Crippen LogP contribution in [0.15, 0.2) is 5.38 Å². The van der Waals surface area contributed by atoms with Crippen molar-refractivity contribution in [2.24, 2.45) is 5.92 Å². The Morgan fingerprint density at radius 3 is 2.86 bits per heavy atom. The highest BCUT2D eigenvalue weighted by Gasteiger charge is 2.31. The first kappa shape index (κ1) is 14.9. The number of hydrogen-bond acceptors (Lipinski definition) is 5. The highest BCUT2D eigenvalue weighted by molar-refractivity contribution is 7.88. The van der Waals surface area contributed by atoms with E-state index in [-0.39, 0.29) is 18.4 Å². The zero-order valence-corrected chi connectivity index (χ0v) is 13.5. The Morgan fingerprint density at radius 1 is 1.43 bits per heavy atom. The molecule has 1 aliphatic carbocycles. The van der Waals surface area contributed by atoms with Crippen LogP contribution < -0.4 is 5.32 Å². The molecule has 2 aliphatic rings. The summed E-state index contributed by atoms with van der Waals surface area (Å²) < 4.78 is 24.6. The van der Waals surface area contributed by atoms with Crippen molar-refractivity contribution >= 4 is 32.4 Å². The summed E-state index contributed by atoms with van der Waals surface area (Å²) in [6.45, 7) is 0.775. The summed E-state index contributed by atoms with van der Waals surface area (Å²) in [5, 5.41) is 5.45. The number of aromatic nitrogens is 1. The van der Waals surface area contributed by atoms with E-state index in [0.29, 0.717) is 17.6 Å². The molecule has 8 heteroatoms. The summed E-state index contributed by atoms with van der Waals surface area (Å²) in [5.41, 5.74) is 1.07. The third kappa shape index (κ3) is 3.61. The molecule has 21 heavy (non-hydrogen) atoms. The number of thiazole rings is 1. The number of anilines is 1. The lowest BCUT2D eigenvalue weighted by Crippen LogP contribution is -2.43. The number of carbonyl (C=O) groups excluding carboxylic acids is 1. The molecule has 2 heterocycles. The molecule has 0 bridgehead atoms. The van der Waals surface area contributed by atoms with E-state index >= 15 is 0 Å². The van der Waals surface area contributed by atoms with Gasteiger partial charge in [-0.15, -0.1) is 11.3 Å². The van der Waals surface area contributed by atoms with Crippen molar-refractivity contribution in [2.75, 3.05) is 24.7 Å². The van der Waals surface area contributed by atoms with Gasteiger partial charge in [0.2, 0.25) is 15.9 Å². The molecule has 2 fully saturated rings. The zero-order chi connectivity index (χ0) is 15.0. The quantitative estimate of drug-likeness (QED) is 0.910. The SMILES string of the molecule is CS(=O)(=O)N1CCCC(C(=O)Nc2nc(C3CC3)cs2)C1. The number of hydrogen-bond donors (Lipinski definition) is 1. The van der Waals surface area contributed by atoms with Crippen LogP contribution in [0, 0.1) is 5.92 Å². The van der Waals surface area contributed by atoms with Gasteiger partial charge in [-0.2, -0.15) is 0 Å². The van der Waals surface area contributed by atoms with Crippen LogP contribution in [0.4, 0.5) is 5.13 Å². The summed E-state index contributed by atoms with van der Waals surface area (Å²) >= 11 is 1.44. The van der Waals surface area contributed by atoms with Gasteiger partial charge in [0, 0.05) is 24.4 Å². The topological polar surface area (TPSA) is 79.4 Å². The van der Waals surface area contributed by atoms with Crippen LogP contribution in [-0.2, 0) is 14.8 Å². The van der Waals surface area contributed by atoms with Gasteiger partial charge in [0.05, 0.1) is 17.9 Å². The van der Waals surface area contributed by atoms with Crippen LogP contribution >= 0.6 is 11.3 Å². The highest BCUT2D eigenvalue weighted by Crippen LogP contribution is 2.40. The van der Waals surface area contributed by atoms with E-state index in [0.717, 1.165) is 18.5 Å². The van der Waals surface area contributed by atoms with Gasteiger partial charge < -0.3 is 5.32 Å². The maximum absolute atomic E-state index is 12.3. The zero-order valence-electron chi connectivity index (χ0n) is 11.9. The second-order valence-electron chi connectivity index (χ2n) is 5.80. The lowest BCUT2D eigenvalue weighted by Gasteiger charge is -2.29. The van der Waals surface area contributed by atoms with Crippen molar-refractivity contribution in [3.8, 4) is 0 Å². The first-order valence-corrected chi connectivity index (χ1v) is 9.87. The Hall–Kier alpha value is -0.990. The Morgan fingerprint density at radius 2 is 2.19 bits per heavy atom. The fourth-order valence-corrected chi connectivity index (χ4v) is 4.28. The van der Waals surface area contributed by atoms with E-state index in [9.17, 15) is 13.2 Å². The molecule has 1 amide bonds. The van der Waals surface area contributed by atoms with Crippen LogP contribution in [0.1, 0.15) is 37.3 Å². The molecule has 0 radical (unpaired) electrons. The molecule has 3 rings (SSSR count). The van der Waals surface area contributed by atoms with Crippen LogP contribution in [0.3, 0.4) is 0 Å². The lowest BCUT2D eigenvalue weighted by molar-refractivity contribution is -0.120. The Kier molecular flexibility index (Phi) is 4.02. The number of carbonyl (C=O) groups is 1. The number of nitrogens with one attached hydrogen (secondary N) is 1. The Bertz CT molecular complexity index is 637. The van der Waals surface area contributed by atoms with Gasteiger partial charge in [0.25, 0.3) is 0 Å².